The smallest absolute Gasteiger partial charge is 0.251 e. The van der Waals surface area contributed by atoms with Gasteiger partial charge in [0, 0.05) is 31.6 Å². The van der Waals surface area contributed by atoms with Crippen molar-refractivity contribution >= 4 is 11.8 Å². The monoisotopic (exact) mass is 381 g/mol. The highest BCUT2D eigenvalue weighted by molar-refractivity contribution is 5.95. The molecule has 0 spiro atoms. The Morgan fingerprint density at radius 2 is 1.54 bits per heavy atom. The van der Waals surface area contributed by atoms with Crippen molar-refractivity contribution in [3.8, 4) is 0 Å². The van der Waals surface area contributed by atoms with E-state index in [0.29, 0.717) is 18.7 Å². The fraction of sp³-hybridized carbons (Fsp3) is 0.391. The quantitative estimate of drug-likeness (QED) is 0.664. The second kappa shape index (κ2) is 11.2. The van der Waals surface area contributed by atoms with Crippen LogP contribution in [0.25, 0.3) is 0 Å². The lowest BCUT2D eigenvalue weighted by Gasteiger charge is -2.18. The number of carbonyl (C=O) groups is 2. The van der Waals surface area contributed by atoms with Gasteiger partial charge in [0.25, 0.3) is 5.91 Å². The number of benzene rings is 2. The molecule has 0 atom stereocenters. The summed E-state index contributed by atoms with van der Waals surface area (Å²) in [6.07, 6.45) is 0.262. The van der Waals surface area contributed by atoms with Crippen LogP contribution in [0.3, 0.4) is 0 Å². The maximum atomic E-state index is 12.1. The summed E-state index contributed by atoms with van der Waals surface area (Å²) in [4.78, 5) is 26.5. The Balaban J connectivity index is 1.71. The van der Waals surface area contributed by atoms with Crippen LogP contribution in [0.5, 0.6) is 0 Å². The van der Waals surface area contributed by atoms with Gasteiger partial charge in [-0.05, 0) is 42.8 Å². The first-order chi connectivity index (χ1) is 13.5. The Kier molecular flexibility index (Phi) is 8.69. The zero-order valence-corrected chi connectivity index (χ0v) is 17.1. The third-order valence-electron chi connectivity index (χ3n) is 4.84. The van der Waals surface area contributed by atoms with Gasteiger partial charge in [0.15, 0.2) is 0 Å². The Bertz CT molecular complexity index is 768. The Morgan fingerprint density at radius 3 is 2.18 bits per heavy atom. The molecule has 28 heavy (non-hydrogen) atoms. The first-order valence-electron chi connectivity index (χ1n) is 9.94. The maximum Gasteiger partial charge on any atom is 0.251 e. The molecule has 2 aromatic rings. The minimum Gasteiger partial charge on any atom is -0.352 e. The number of hydrogen-bond acceptors (Lipinski definition) is 3. The Hall–Kier alpha value is -2.66. The lowest BCUT2D eigenvalue weighted by molar-refractivity contribution is -0.121. The molecule has 0 aliphatic heterocycles. The van der Waals surface area contributed by atoms with E-state index in [1.165, 1.54) is 5.56 Å². The van der Waals surface area contributed by atoms with Gasteiger partial charge in [-0.1, -0.05) is 56.3 Å². The van der Waals surface area contributed by atoms with Crippen molar-refractivity contribution in [2.45, 2.75) is 40.3 Å². The van der Waals surface area contributed by atoms with E-state index in [-0.39, 0.29) is 18.2 Å². The number of nitrogens with one attached hydrogen (secondary N) is 2. The molecule has 0 fully saturated rings. The van der Waals surface area contributed by atoms with Gasteiger partial charge < -0.3 is 10.6 Å². The molecule has 0 aliphatic carbocycles. The molecule has 0 bridgehead atoms. The topological polar surface area (TPSA) is 61.4 Å². The maximum absolute atomic E-state index is 12.1. The molecule has 0 radical (unpaired) electrons. The van der Waals surface area contributed by atoms with Crippen LogP contribution in [0.4, 0.5) is 0 Å². The largest absolute Gasteiger partial charge is 0.352 e. The third-order valence-corrected chi connectivity index (χ3v) is 4.84. The summed E-state index contributed by atoms with van der Waals surface area (Å²) < 4.78 is 0. The molecule has 0 aliphatic rings. The van der Waals surface area contributed by atoms with E-state index in [1.54, 1.807) is 6.07 Å². The minimum atomic E-state index is -0.144. The molecule has 2 N–H and O–H groups in total. The zero-order valence-electron chi connectivity index (χ0n) is 17.1. The Labute approximate surface area is 168 Å². The van der Waals surface area contributed by atoms with Gasteiger partial charge in [0.1, 0.15) is 0 Å². The SMILES string of the molecule is CCN(CC)Cc1ccc(CNC(=O)CCNC(=O)c2ccccc2C)cc1. The van der Waals surface area contributed by atoms with Crippen LogP contribution in [0.1, 0.15) is 47.3 Å². The van der Waals surface area contributed by atoms with Crippen molar-refractivity contribution in [2.75, 3.05) is 19.6 Å². The first kappa shape index (κ1) is 21.6. The third kappa shape index (κ3) is 6.82. The number of aryl methyl sites for hydroxylation is 1. The van der Waals surface area contributed by atoms with Crippen LogP contribution in [-0.4, -0.2) is 36.3 Å². The highest BCUT2D eigenvalue weighted by Crippen LogP contribution is 2.08. The van der Waals surface area contributed by atoms with Gasteiger partial charge in [-0.2, -0.15) is 0 Å². The van der Waals surface area contributed by atoms with Gasteiger partial charge >= 0.3 is 0 Å². The van der Waals surface area contributed by atoms with Crippen LogP contribution < -0.4 is 10.6 Å². The first-order valence-corrected chi connectivity index (χ1v) is 9.94. The number of rotatable bonds is 10. The molecule has 2 aromatic carbocycles. The molecule has 0 heterocycles. The number of carbonyl (C=O) groups excluding carboxylic acids is 2. The fourth-order valence-corrected chi connectivity index (χ4v) is 2.97. The predicted octanol–water partition coefficient (Wildman–Crippen LogP) is 3.27. The average molecular weight is 382 g/mol. The molecule has 2 amide bonds. The van der Waals surface area contributed by atoms with Gasteiger partial charge in [-0.25, -0.2) is 0 Å². The summed E-state index contributed by atoms with van der Waals surface area (Å²) in [6.45, 7) is 10.1. The average Bonchev–Trinajstić information content (AvgIpc) is 2.71. The molecular weight excluding hydrogens is 350 g/mol. The standard InChI is InChI=1S/C23H31N3O2/c1-4-26(5-2)17-20-12-10-19(11-13-20)16-25-22(27)14-15-24-23(28)21-9-7-6-8-18(21)3/h6-13H,4-5,14-17H2,1-3H3,(H,24,28)(H,25,27). The highest BCUT2D eigenvalue weighted by Gasteiger charge is 2.09. The van der Waals surface area contributed by atoms with Crippen LogP contribution in [0.15, 0.2) is 48.5 Å². The lowest BCUT2D eigenvalue weighted by atomic mass is 10.1. The highest BCUT2D eigenvalue weighted by atomic mass is 16.2. The van der Waals surface area contributed by atoms with E-state index in [2.05, 4.69) is 53.6 Å². The van der Waals surface area contributed by atoms with Crippen LogP contribution >= 0.6 is 0 Å². The molecule has 150 valence electrons. The van der Waals surface area contributed by atoms with Crippen molar-refractivity contribution in [3.05, 3.63) is 70.8 Å². The normalized spacial score (nSPS) is 10.7. The van der Waals surface area contributed by atoms with Crippen LogP contribution in [-0.2, 0) is 17.9 Å². The fourth-order valence-electron chi connectivity index (χ4n) is 2.97. The van der Waals surface area contributed by atoms with Gasteiger partial charge in [0.05, 0.1) is 0 Å². The second-order valence-corrected chi connectivity index (χ2v) is 6.88. The van der Waals surface area contributed by atoms with Gasteiger partial charge in [-0.3, -0.25) is 14.5 Å². The molecule has 5 heteroatoms. The minimum absolute atomic E-state index is 0.0719. The summed E-state index contributed by atoms with van der Waals surface area (Å²) in [5, 5.41) is 5.71. The number of nitrogens with zero attached hydrogens (tertiary/aromatic N) is 1. The summed E-state index contributed by atoms with van der Waals surface area (Å²) in [7, 11) is 0. The van der Waals surface area contributed by atoms with E-state index in [0.717, 1.165) is 30.8 Å². The number of hydrogen-bond donors (Lipinski definition) is 2. The predicted molar refractivity (Wildman–Crippen MR) is 113 cm³/mol. The Morgan fingerprint density at radius 1 is 0.893 bits per heavy atom. The molecule has 0 saturated heterocycles. The summed E-state index contributed by atoms with van der Waals surface area (Å²) in [6, 6.07) is 15.8. The zero-order chi connectivity index (χ0) is 20.4. The molecule has 0 aromatic heterocycles. The molecule has 0 unspecified atom stereocenters. The number of amides is 2. The lowest BCUT2D eigenvalue weighted by Crippen LogP contribution is -2.30. The molecule has 0 saturated carbocycles. The summed E-state index contributed by atoms with van der Waals surface area (Å²) >= 11 is 0. The molecule has 5 nitrogen and oxygen atoms in total. The van der Waals surface area contributed by atoms with Crippen molar-refractivity contribution in [1.29, 1.82) is 0 Å². The van der Waals surface area contributed by atoms with E-state index in [9.17, 15) is 9.59 Å². The van der Waals surface area contributed by atoms with E-state index in [4.69, 9.17) is 0 Å². The van der Waals surface area contributed by atoms with Crippen molar-refractivity contribution in [1.82, 2.24) is 15.5 Å². The van der Waals surface area contributed by atoms with Crippen LogP contribution in [0, 0.1) is 6.92 Å². The molecular formula is C23H31N3O2. The van der Waals surface area contributed by atoms with E-state index in [1.807, 2.05) is 25.1 Å². The van der Waals surface area contributed by atoms with E-state index < -0.39 is 0 Å². The van der Waals surface area contributed by atoms with Crippen molar-refractivity contribution < 1.29 is 9.59 Å². The van der Waals surface area contributed by atoms with Crippen molar-refractivity contribution in [3.63, 3.8) is 0 Å². The van der Waals surface area contributed by atoms with Gasteiger partial charge in [-0.15, -0.1) is 0 Å². The van der Waals surface area contributed by atoms with Crippen molar-refractivity contribution in [2.24, 2.45) is 0 Å². The summed E-state index contributed by atoms with van der Waals surface area (Å²) in [5.41, 5.74) is 3.92. The van der Waals surface area contributed by atoms with Gasteiger partial charge in [0.2, 0.25) is 5.91 Å². The van der Waals surface area contributed by atoms with Crippen LogP contribution in [0.2, 0.25) is 0 Å². The van der Waals surface area contributed by atoms with E-state index >= 15 is 0 Å². The molecule has 2 rings (SSSR count). The second-order valence-electron chi connectivity index (χ2n) is 6.88. The summed E-state index contributed by atoms with van der Waals surface area (Å²) in [5.74, 6) is -0.216.